The van der Waals surface area contributed by atoms with Crippen molar-refractivity contribution in [3.63, 3.8) is 0 Å². The maximum atomic E-state index is 13.2. The molecular formula is C15H12BrF2NO2. The van der Waals surface area contributed by atoms with Gasteiger partial charge in [-0.2, -0.15) is 0 Å². The Morgan fingerprint density at radius 3 is 2.43 bits per heavy atom. The molecule has 0 spiro atoms. The van der Waals surface area contributed by atoms with Crippen LogP contribution in [0.2, 0.25) is 0 Å². The molecule has 21 heavy (non-hydrogen) atoms. The van der Waals surface area contributed by atoms with Gasteiger partial charge in [-0.05, 0) is 37.3 Å². The third-order valence-electron chi connectivity index (χ3n) is 3.12. The topological polar surface area (TPSA) is 49.3 Å². The van der Waals surface area contributed by atoms with Crippen LogP contribution in [0.3, 0.4) is 0 Å². The molecule has 2 aromatic rings. The Morgan fingerprint density at radius 1 is 1.19 bits per heavy atom. The number of aliphatic carboxylic acids is 1. The lowest BCUT2D eigenvalue weighted by atomic mass is 9.91. The van der Waals surface area contributed by atoms with Crippen LogP contribution >= 0.6 is 15.9 Å². The lowest BCUT2D eigenvalue weighted by molar-refractivity contribution is -0.142. The Labute approximate surface area is 128 Å². The van der Waals surface area contributed by atoms with Gasteiger partial charge in [0.2, 0.25) is 0 Å². The second kappa shape index (κ2) is 5.81. The van der Waals surface area contributed by atoms with Gasteiger partial charge in [0.05, 0.1) is 0 Å². The monoisotopic (exact) mass is 355 g/mol. The van der Waals surface area contributed by atoms with E-state index in [1.807, 2.05) is 0 Å². The number of rotatable bonds is 4. The average molecular weight is 356 g/mol. The van der Waals surface area contributed by atoms with Crippen molar-refractivity contribution in [2.75, 3.05) is 5.32 Å². The Balaban J connectivity index is 2.48. The quantitative estimate of drug-likeness (QED) is 0.866. The fraction of sp³-hybridized carbons (Fsp3) is 0.133. The standard InChI is InChI=1S/C15H12BrF2NO2/c1-15(14(20)21,12-6-5-10(18)8-13(12)16)19-11-4-2-3-9(17)7-11/h2-8,19H,1H3,(H,20,21). The molecule has 2 aromatic carbocycles. The largest absolute Gasteiger partial charge is 0.479 e. The molecule has 0 bridgehead atoms. The van der Waals surface area contributed by atoms with Crippen molar-refractivity contribution >= 4 is 27.6 Å². The highest BCUT2D eigenvalue weighted by molar-refractivity contribution is 9.10. The van der Waals surface area contributed by atoms with Crippen LogP contribution in [0.15, 0.2) is 46.9 Å². The molecule has 0 fully saturated rings. The average Bonchev–Trinajstić information content (AvgIpc) is 2.38. The number of anilines is 1. The summed E-state index contributed by atoms with van der Waals surface area (Å²) in [6.45, 7) is 1.43. The van der Waals surface area contributed by atoms with E-state index in [-0.39, 0.29) is 0 Å². The van der Waals surface area contributed by atoms with E-state index in [0.717, 1.165) is 0 Å². The SMILES string of the molecule is CC(Nc1cccc(F)c1)(C(=O)O)c1ccc(F)cc1Br. The molecule has 0 aliphatic rings. The van der Waals surface area contributed by atoms with E-state index in [2.05, 4.69) is 21.2 Å². The fourth-order valence-corrected chi connectivity index (χ4v) is 2.73. The first-order valence-electron chi connectivity index (χ1n) is 6.05. The first-order valence-corrected chi connectivity index (χ1v) is 6.85. The summed E-state index contributed by atoms with van der Waals surface area (Å²) in [5, 5.41) is 12.3. The number of carbonyl (C=O) groups is 1. The van der Waals surface area contributed by atoms with Crippen LogP contribution in [0.4, 0.5) is 14.5 Å². The molecule has 1 atom stereocenters. The minimum Gasteiger partial charge on any atom is -0.479 e. The number of halogens is 3. The van der Waals surface area contributed by atoms with Gasteiger partial charge in [0.25, 0.3) is 0 Å². The van der Waals surface area contributed by atoms with Gasteiger partial charge in [0.15, 0.2) is 5.54 Å². The molecule has 1 unspecified atom stereocenters. The summed E-state index contributed by atoms with van der Waals surface area (Å²) in [7, 11) is 0. The van der Waals surface area contributed by atoms with Crippen LogP contribution in [0.25, 0.3) is 0 Å². The highest BCUT2D eigenvalue weighted by Gasteiger charge is 2.37. The van der Waals surface area contributed by atoms with Crippen molar-refractivity contribution in [1.82, 2.24) is 0 Å². The van der Waals surface area contributed by atoms with Gasteiger partial charge in [-0.1, -0.05) is 28.1 Å². The summed E-state index contributed by atoms with van der Waals surface area (Å²) in [6, 6.07) is 9.22. The molecule has 0 heterocycles. The van der Waals surface area contributed by atoms with Crippen LogP contribution in [-0.4, -0.2) is 11.1 Å². The molecule has 0 saturated heterocycles. The van der Waals surface area contributed by atoms with E-state index in [4.69, 9.17) is 0 Å². The summed E-state index contributed by atoms with van der Waals surface area (Å²) in [5.74, 6) is -2.13. The van der Waals surface area contributed by atoms with E-state index in [9.17, 15) is 18.7 Å². The third-order valence-corrected chi connectivity index (χ3v) is 3.77. The van der Waals surface area contributed by atoms with E-state index >= 15 is 0 Å². The zero-order valence-electron chi connectivity index (χ0n) is 11.0. The highest BCUT2D eigenvalue weighted by atomic mass is 79.9. The Bertz CT molecular complexity index is 693. The maximum Gasteiger partial charge on any atom is 0.333 e. The number of nitrogens with one attached hydrogen (secondary N) is 1. The zero-order valence-corrected chi connectivity index (χ0v) is 12.6. The van der Waals surface area contributed by atoms with E-state index in [0.29, 0.717) is 15.7 Å². The van der Waals surface area contributed by atoms with Gasteiger partial charge >= 0.3 is 5.97 Å². The summed E-state index contributed by atoms with van der Waals surface area (Å²) < 4.78 is 26.7. The maximum absolute atomic E-state index is 13.2. The van der Waals surface area contributed by atoms with E-state index < -0.39 is 23.1 Å². The summed E-state index contributed by atoms with van der Waals surface area (Å²) in [4.78, 5) is 11.7. The van der Waals surface area contributed by atoms with Crippen LogP contribution in [0, 0.1) is 11.6 Å². The van der Waals surface area contributed by atoms with Crippen LogP contribution < -0.4 is 5.32 Å². The predicted molar refractivity (Wildman–Crippen MR) is 79.1 cm³/mol. The highest BCUT2D eigenvalue weighted by Crippen LogP contribution is 2.32. The normalized spacial score (nSPS) is 13.5. The summed E-state index contributed by atoms with van der Waals surface area (Å²) in [6.07, 6.45) is 0. The van der Waals surface area contributed by atoms with Crippen molar-refractivity contribution in [1.29, 1.82) is 0 Å². The molecular weight excluding hydrogens is 344 g/mol. The molecule has 0 saturated carbocycles. The second-order valence-electron chi connectivity index (χ2n) is 4.69. The Hall–Kier alpha value is -1.95. The number of benzene rings is 2. The molecule has 6 heteroatoms. The number of carboxylic acids is 1. The van der Waals surface area contributed by atoms with E-state index in [1.165, 1.54) is 43.3 Å². The molecule has 0 amide bonds. The molecule has 110 valence electrons. The lowest BCUT2D eigenvalue weighted by Crippen LogP contribution is -2.40. The lowest BCUT2D eigenvalue weighted by Gasteiger charge is -2.29. The number of hydrogen-bond donors (Lipinski definition) is 2. The molecule has 0 radical (unpaired) electrons. The minimum absolute atomic E-state index is 0.316. The Kier molecular flexibility index (Phi) is 4.27. The first-order chi connectivity index (χ1) is 9.83. The first kappa shape index (κ1) is 15.4. The van der Waals surface area contributed by atoms with Crippen molar-refractivity contribution in [2.45, 2.75) is 12.5 Å². The fourth-order valence-electron chi connectivity index (χ4n) is 1.99. The van der Waals surface area contributed by atoms with E-state index in [1.54, 1.807) is 6.07 Å². The molecule has 2 rings (SSSR count). The molecule has 3 nitrogen and oxygen atoms in total. The van der Waals surface area contributed by atoms with Crippen molar-refractivity contribution in [2.24, 2.45) is 0 Å². The van der Waals surface area contributed by atoms with Crippen LogP contribution in [0.1, 0.15) is 12.5 Å². The van der Waals surface area contributed by atoms with Gasteiger partial charge < -0.3 is 10.4 Å². The smallest absolute Gasteiger partial charge is 0.333 e. The van der Waals surface area contributed by atoms with Gasteiger partial charge in [0, 0.05) is 15.7 Å². The summed E-state index contributed by atoms with van der Waals surface area (Å²) in [5.41, 5.74) is -0.892. The van der Waals surface area contributed by atoms with Crippen LogP contribution in [-0.2, 0) is 10.3 Å². The number of carboxylic acid groups (broad SMARTS) is 1. The zero-order chi connectivity index (χ0) is 15.6. The molecule has 0 aliphatic heterocycles. The van der Waals surface area contributed by atoms with Gasteiger partial charge in [-0.15, -0.1) is 0 Å². The van der Waals surface area contributed by atoms with Gasteiger partial charge in [0.1, 0.15) is 11.6 Å². The van der Waals surface area contributed by atoms with Crippen molar-refractivity contribution in [3.8, 4) is 0 Å². The molecule has 2 N–H and O–H groups in total. The van der Waals surface area contributed by atoms with Crippen molar-refractivity contribution < 1.29 is 18.7 Å². The molecule has 0 aromatic heterocycles. The van der Waals surface area contributed by atoms with Crippen molar-refractivity contribution in [3.05, 3.63) is 64.1 Å². The minimum atomic E-state index is -1.54. The van der Waals surface area contributed by atoms with Crippen LogP contribution in [0.5, 0.6) is 0 Å². The predicted octanol–water partition coefficient (Wildman–Crippen LogP) is 4.14. The van der Waals surface area contributed by atoms with Gasteiger partial charge in [-0.3, -0.25) is 0 Å². The third kappa shape index (κ3) is 3.21. The molecule has 0 aliphatic carbocycles. The number of hydrogen-bond acceptors (Lipinski definition) is 2. The summed E-state index contributed by atoms with van der Waals surface area (Å²) >= 11 is 3.16. The second-order valence-corrected chi connectivity index (χ2v) is 5.54. The Morgan fingerprint density at radius 2 is 1.86 bits per heavy atom. The van der Waals surface area contributed by atoms with Gasteiger partial charge in [-0.25, -0.2) is 13.6 Å².